The summed E-state index contributed by atoms with van der Waals surface area (Å²) in [6, 6.07) is 51.1. The van der Waals surface area contributed by atoms with E-state index in [1.54, 1.807) is 0 Å². The highest BCUT2D eigenvalue weighted by molar-refractivity contribution is 6.25. The average Bonchev–Trinajstić information content (AvgIpc) is 3.27. The second-order valence-corrected chi connectivity index (χ2v) is 14.4. The number of hydrogen-bond acceptors (Lipinski definition) is 2. The summed E-state index contributed by atoms with van der Waals surface area (Å²) in [5.74, 6) is 0.227. The van der Waals surface area contributed by atoms with Gasteiger partial charge in [-0.3, -0.25) is 9.97 Å². The van der Waals surface area contributed by atoms with Crippen molar-refractivity contribution in [2.45, 2.75) is 25.2 Å². The van der Waals surface area contributed by atoms with Gasteiger partial charge in [0.1, 0.15) is 0 Å². The van der Waals surface area contributed by atoms with Crippen LogP contribution in [-0.2, 0) is 0 Å². The molecular weight excluding hydrogens is 653 g/mol. The molecule has 8 aromatic rings. The van der Waals surface area contributed by atoms with Gasteiger partial charge in [-0.05, 0) is 131 Å². The minimum absolute atomic E-state index is 0.227. The van der Waals surface area contributed by atoms with Crippen molar-refractivity contribution in [2.24, 2.45) is 0 Å². The lowest BCUT2D eigenvalue weighted by atomic mass is 9.77. The lowest BCUT2D eigenvalue weighted by Gasteiger charge is -2.27. The Hall–Kier alpha value is -6.64. The topological polar surface area (TPSA) is 25.8 Å². The van der Waals surface area contributed by atoms with Gasteiger partial charge in [-0.25, -0.2) is 0 Å². The third-order valence-electron chi connectivity index (χ3n) is 11.3. The van der Waals surface area contributed by atoms with E-state index in [0.717, 1.165) is 24.8 Å². The zero-order valence-corrected chi connectivity index (χ0v) is 30.0. The van der Waals surface area contributed by atoms with Crippen molar-refractivity contribution in [3.05, 3.63) is 216 Å². The van der Waals surface area contributed by atoms with Crippen LogP contribution in [-0.4, -0.2) is 9.97 Å². The fraction of sp³-hybridized carbons (Fsp3) is 0.0769. The molecule has 0 aliphatic heterocycles. The van der Waals surface area contributed by atoms with Crippen LogP contribution in [0.4, 0.5) is 0 Å². The molecule has 2 aliphatic carbocycles. The first-order valence-electron chi connectivity index (χ1n) is 19.0. The van der Waals surface area contributed by atoms with Crippen LogP contribution in [0.25, 0.3) is 65.7 Å². The number of aromatic nitrogens is 2. The molecule has 10 rings (SSSR count). The van der Waals surface area contributed by atoms with Gasteiger partial charge < -0.3 is 0 Å². The summed E-state index contributed by atoms with van der Waals surface area (Å²) in [6.07, 6.45) is 20.2. The van der Waals surface area contributed by atoms with Gasteiger partial charge in [0.25, 0.3) is 0 Å². The maximum atomic E-state index is 4.50. The van der Waals surface area contributed by atoms with Crippen LogP contribution in [0.5, 0.6) is 0 Å². The standard InChI is InChI=1S/C52H38N2/c1-3-17-43(41(15-1)35-25-26-51-49-23-8-7-21-47(49)48-22-9-10-24-50(48)52(51)32-35)45-19-5-6-20-46(45)44-18-4-2-16-42(44)40-30-38(36-13-11-27-53-33-36)29-39(31-40)37-14-12-28-54-34-37/h1,3-15,17-30,32-34,39H,2,16,31H2. The summed E-state index contributed by atoms with van der Waals surface area (Å²) < 4.78 is 0. The smallest absolute Gasteiger partial charge is 0.0346 e. The van der Waals surface area contributed by atoms with E-state index in [2.05, 4.69) is 162 Å². The molecule has 0 saturated heterocycles. The largest absolute Gasteiger partial charge is 0.264 e. The number of benzene rings is 6. The number of pyridine rings is 2. The molecular formula is C52H38N2. The first kappa shape index (κ1) is 32.0. The average molecular weight is 691 g/mol. The van der Waals surface area contributed by atoms with Crippen molar-refractivity contribution >= 4 is 43.5 Å². The molecule has 2 aromatic heterocycles. The van der Waals surface area contributed by atoms with Gasteiger partial charge in [-0.2, -0.15) is 0 Å². The van der Waals surface area contributed by atoms with Gasteiger partial charge in [-0.1, -0.05) is 146 Å². The highest BCUT2D eigenvalue weighted by Gasteiger charge is 2.25. The van der Waals surface area contributed by atoms with E-state index in [-0.39, 0.29) is 5.92 Å². The summed E-state index contributed by atoms with van der Waals surface area (Å²) in [6.45, 7) is 0. The molecule has 0 radical (unpaired) electrons. The van der Waals surface area contributed by atoms with Crippen LogP contribution < -0.4 is 0 Å². The predicted molar refractivity (Wildman–Crippen MR) is 227 cm³/mol. The van der Waals surface area contributed by atoms with Gasteiger partial charge in [0.05, 0.1) is 0 Å². The van der Waals surface area contributed by atoms with Crippen LogP contribution in [0.15, 0.2) is 200 Å². The zero-order chi connectivity index (χ0) is 35.8. The minimum Gasteiger partial charge on any atom is -0.264 e. The SMILES string of the molecule is C1=CC(c2ccccc2-c2ccccc2-c2ccc3c4ccccc4c4ccccc4c3c2)=C(C2=CC(c3cccnc3)=CC(c3cccnc3)C2)CC1. The summed E-state index contributed by atoms with van der Waals surface area (Å²) in [7, 11) is 0. The molecule has 54 heavy (non-hydrogen) atoms. The van der Waals surface area contributed by atoms with Gasteiger partial charge in [0, 0.05) is 30.7 Å². The van der Waals surface area contributed by atoms with Gasteiger partial charge in [-0.15, -0.1) is 0 Å². The van der Waals surface area contributed by atoms with E-state index in [4.69, 9.17) is 0 Å². The molecule has 2 heteroatoms. The summed E-state index contributed by atoms with van der Waals surface area (Å²) >= 11 is 0. The zero-order valence-electron chi connectivity index (χ0n) is 30.0. The van der Waals surface area contributed by atoms with Crippen molar-refractivity contribution in [3.8, 4) is 22.3 Å². The fourth-order valence-electron chi connectivity index (χ4n) is 8.79. The van der Waals surface area contributed by atoms with E-state index in [1.807, 2.05) is 36.9 Å². The normalized spacial score (nSPS) is 15.8. The third kappa shape index (κ3) is 5.68. The molecule has 0 spiro atoms. The first-order valence-corrected chi connectivity index (χ1v) is 19.0. The first-order chi connectivity index (χ1) is 26.8. The minimum atomic E-state index is 0.227. The lowest BCUT2D eigenvalue weighted by molar-refractivity contribution is 0.800. The van der Waals surface area contributed by atoms with E-state index in [9.17, 15) is 0 Å². The number of nitrogens with zero attached hydrogens (tertiary/aromatic N) is 2. The quantitative estimate of drug-likeness (QED) is 0.162. The van der Waals surface area contributed by atoms with Crippen LogP contribution in [0, 0.1) is 0 Å². The van der Waals surface area contributed by atoms with Crippen molar-refractivity contribution in [1.29, 1.82) is 0 Å². The van der Waals surface area contributed by atoms with Crippen molar-refractivity contribution in [1.82, 2.24) is 9.97 Å². The van der Waals surface area contributed by atoms with E-state index < -0.39 is 0 Å². The van der Waals surface area contributed by atoms with Crippen LogP contribution in [0.2, 0.25) is 0 Å². The Kier molecular flexibility index (Phi) is 8.15. The Balaban J connectivity index is 1.13. The Morgan fingerprint density at radius 3 is 1.80 bits per heavy atom. The summed E-state index contributed by atoms with van der Waals surface area (Å²) in [5.41, 5.74) is 13.9. The second-order valence-electron chi connectivity index (χ2n) is 14.4. The van der Waals surface area contributed by atoms with Crippen LogP contribution in [0.1, 0.15) is 41.9 Å². The predicted octanol–water partition coefficient (Wildman–Crippen LogP) is 13.6. The van der Waals surface area contributed by atoms with Gasteiger partial charge in [0.15, 0.2) is 0 Å². The Bertz CT molecular complexity index is 2800. The molecule has 0 N–H and O–H groups in total. The molecule has 0 amide bonds. The second kappa shape index (κ2) is 13.7. The number of hydrogen-bond donors (Lipinski definition) is 0. The van der Waals surface area contributed by atoms with Crippen LogP contribution in [0.3, 0.4) is 0 Å². The van der Waals surface area contributed by atoms with E-state index >= 15 is 0 Å². The third-order valence-corrected chi connectivity index (χ3v) is 11.3. The Labute approximate surface area is 316 Å². The van der Waals surface area contributed by atoms with Gasteiger partial charge in [0.2, 0.25) is 0 Å². The highest BCUT2D eigenvalue weighted by Crippen LogP contribution is 2.45. The molecule has 0 fully saturated rings. The molecule has 2 aliphatic rings. The maximum Gasteiger partial charge on any atom is 0.0346 e. The van der Waals surface area contributed by atoms with Crippen molar-refractivity contribution in [3.63, 3.8) is 0 Å². The van der Waals surface area contributed by atoms with Crippen molar-refractivity contribution < 1.29 is 0 Å². The molecule has 1 unspecified atom stereocenters. The number of rotatable bonds is 6. The maximum absolute atomic E-state index is 4.50. The van der Waals surface area contributed by atoms with Crippen molar-refractivity contribution in [2.75, 3.05) is 0 Å². The molecule has 0 bridgehead atoms. The molecule has 2 heterocycles. The molecule has 0 saturated carbocycles. The monoisotopic (exact) mass is 690 g/mol. The lowest BCUT2D eigenvalue weighted by Crippen LogP contribution is -2.09. The molecule has 256 valence electrons. The van der Waals surface area contributed by atoms with Crippen LogP contribution >= 0.6 is 0 Å². The molecule has 1 atom stereocenters. The van der Waals surface area contributed by atoms with E-state index in [0.29, 0.717) is 0 Å². The molecule has 6 aromatic carbocycles. The summed E-state index contributed by atoms with van der Waals surface area (Å²) in [5, 5.41) is 7.76. The fourth-order valence-corrected chi connectivity index (χ4v) is 8.79. The molecule has 2 nitrogen and oxygen atoms in total. The van der Waals surface area contributed by atoms with E-state index in [1.165, 1.54) is 88.0 Å². The van der Waals surface area contributed by atoms with Gasteiger partial charge >= 0.3 is 0 Å². The number of fused-ring (bicyclic) bond motifs is 6. The number of allylic oxidation sites excluding steroid dienone is 8. The Morgan fingerprint density at radius 1 is 0.500 bits per heavy atom. The highest BCUT2D eigenvalue weighted by atomic mass is 14.6. The summed E-state index contributed by atoms with van der Waals surface area (Å²) in [4.78, 5) is 8.97. The Morgan fingerprint density at radius 2 is 1.11 bits per heavy atom.